The van der Waals surface area contributed by atoms with Gasteiger partial charge in [0.15, 0.2) is 5.16 Å². The zero-order valence-corrected chi connectivity index (χ0v) is 7.27. The Morgan fingerprint density at radius 1 is 1.73 bits per heavy atom. The SMILES string of the molecule is C=CS(C)(C)c1noc(=O)[nH]1. The van der Waals surface area contributed by atoms with Crippen LogP contribution < -0.4 is 5.76 Å². The number of nitrogens with zero attached hydrogens (tertiary/aromatic N) is 1. The molecule has 1 N–H and O–H groups in total. The third-order valence-corrected chi connectivity index (χ3v) is 3.34. The quantitative estimate of drug-likeness (QED) is 0.725. The molecule has 0 spiro atoms. The molecule has 62 valence electrons. The minimum Gasteiger partial charge on any atom is -0.295 e. The summed E-state index contributed by atoms with van der Waals surface area (Å²) in [6.07, 6.45) is 3.93. The van der Waals surface area contributed by atoms with Crippen molar-refractivity contribution < 1.29 is 4.52 Å². The molecule has 0 radical (unpaired) electrons. The van der Waals surface area contributed by atoms with E-state index < -0.39 is 15.8 Å². The maximum Gasteiger partial charge on any atom is 0.439 e. The third-order valence-electron chi connectivity index (χ3n) is 1.34. The van der Waals surface area contributed by atoms with E-state index in [1.807, 2.05) is 12.5 Å². The van der Waals surface area contributed by atoms with Crippen molar-refractivity contribution in [3.05, 3.63) is 22.5 Å². The van der Waals surface area contributed by atoms with Gasteiger partial charge < -0.3 is 0 Å². The lowest BCUT2D eigenvalue weighted by molar-refractivity contribution is 0.375. The number of hydrogen-bond acceptors (Lipinski definition) is 3. The van der Waals surface area contributed by atoms with Gasteiger partial charge in [0.25, 0.3) is 0 Å². The standard InChI is InChI=1S/C6H10N2O2S/c1-4-11(2,3)5-7-6(9)10-8-5/h4H,1H2,2-3H3,(H,7,8,9). The smallest absolute Gasteiger partial charge is 0.295 e. The fourth-order valence-corrected chi connectivity index (χ4v) is 1.26. The molecule has 1 rings (SSSR count). The summed E-state index contributed by atoms with van der Waals surface area (Å²) in [5, 5.41) is 5.94. The number of hydrogen-bond donors (Lipinski definition) is 1. The van der Waals surface area contributed by atoms with Gasteiger partial charge in [-0.05, 0) is 23.1 Å². The van der Waals surface area contributed by atoms with E-state index in [1.54, 1.807) is 5.41 Å². The first kappa shape index (κ1) is 8.13. The zero-order valence-electron chi connectivity index (χ0n) is 6.46. The Morgan fingerprint density at radius 3 is 2.73 bits per heavy atom. The molecule has 0 aliphatic heterocycles. The van der Waals surface area contributed by atoms with Gasteiger partial charge in [0.05, 0.1) is 0 Å². The first-order valence-electron chi connectivity index (χ1n) is 2.98. The molecular weight excluding hydrogens is 164 g/mol. The molecule has 4 nitrogen and oxygen atoms in total. The molecule has 1 aromatic rings. The van der Waals surface area contributed by atoms with Crippen LogP contribution in [0.1, 0.15) is 0 Å². The molecule has 0 aromatic carbocycles. The highest BCUT2D eigenvalue weighted by molar-refractivity contribution is 8.34. The Bertz CT molecular complexity index is 312. The Balaban J connectivity index is 3.11. The predicted molar refractivity (Wildman–Crippen MR) is 45.0 cm³/mol. The summed E-state index contributed by atoms with van der Waals surface area (Å²) >= 11 is 0. The molecule has 0 saturated carbocycles. The lowest BCUT2D eigenvalue weighted by atomic mass is 11.3. The van der Waals surface area contributed by atoms with E-state index in [0.717, 1.165) is 0 Å². The number of rotatable bonds is 2. The second-order valence-electron chi connectivity index (χ2n) is 2.47. The lowest BCUT2D eigenvalue weighted by Crippen LogP contribution is -1.99. The predicted octanol–water partition coefficient (Wildman–Crippen LogP) is 0.929. The number of H-pyrrole nitrogens is 1. The summed E-state index contributed by atoms with van der Waals surface area (Å²) in [4.78, 5) is 13.0. The van der Waals surface area contributed by atoms with E-state index in [9.17, 15) is 4.79 Å². The lowest BCUT2D eigenvalue weighted by Gasteiger charge is -2.20. The van der Waals surface area contributed by atoms with Gasteiger partial charge in [-0.25, -0.2) is 4.79 Å². The summed E-state index contributed by atoms with van der Waals surface area (Å²) < 4.78 is 4.36. The molecule has 5 heteroatoms. The largest absolute Gasteiger partial charge is 0.439 e. The highest BCUT2D eigenvalue weighted by Gasteiger charge is 2.15. The van der Waals surface area contributed by atoms with Crippen molar-refractivity contribution in [3.8, 4) is 0 Å². The molecule has 0 aliphatic carbocycles. The molecule has 1 heterocycles. The van der Waals surface area contributed by atoms with Crippen molar-refractivity contribution in [2.24, 2.45) is 0 Å². The van der Waals surface area contributed by atoms with Gasteiger partial charge in [-0.2, -0.15) is 10.0 Å². The van der Waals surface area contributed by atoms with Gasteiger partial charge in [0.1, 0.15) is 0 Å². The fourth-order valence-electron chi connectivity index (χ4n) is 0.522. The second kappa shape index (κ2) is 2.58. The van der Waals surface area contributed by atoms with Crippen molar-refractivity contribution >= 4 is 10.0 Å². The van der Waals surface area contributed by atoms with Gasteiger partial charge in [0.2, 0.25) is 0 Å². The number of aromatic amines is 1. The maximum atomic E-state index is 10.5. The van der Waals surface area contributed by atoms with E-state index in [2.05, 4.69) is 21.2 Å². The van der Waals surface area contributed by atoms with Gasteiger partial charge in [-0.1, -0.05) is 6.58 Å². The maximum absolute atomic E-state index is 10.5. The van der Waals surface area contributed by atoms with Gasteiger partial charge in [-0.15, -0.1) is 0 Å². The van der Waals surface area contributed by atoms with Crippen molar-refractivity contribution in [3.63, 3.8) is 0 Å². The van der Waals surface area contributed by atoms with Crippen LogP contribution in [0, 0.1) is 0 Å². The van der Waals surface area contributed by atoms with E-state index >= 15 is 0 Å². The molecule has 11 heavy (non-hydrogen) atoms. The van der Waals surface area contributed by atoms with E-state index in [4.69, 9.17) is 0 Å². The second-order valence-corrected chi connectivity index (χ2v) is 6.00. The van der Waals surface area contributed by atoms with Crippen LogP contribution in [0.3, 0.4) is 0 Å². The minimum atomic E-state index is -1.17. The summed E-state index contributed by atoms with van der Waals surface area (Å²) in [6, 6.07) is 0. The van der Waals surface area contributed by atoms with Gasteiger partial charge in [-0.3, -0.25) is 9.51 Å². The molecule has 0 atom stereocenters. The van der Waals surface area contributed by atoms with Crippen molar-refractivity contribution in [1.82, 2.24) is 10.1 Å². The van der Waals surface area contributed by atoms with Crippen LogP contribution in [0.15, 0.2) is 26.5 Å². The van der Waals surface area contributed by atoms with Crippen molar-refractivity contribution in [2.45, 2.75) is 5.16 Å². The molecule has 0 saturated heterocycles. The highest BCUT2D eigenvalue weighted by atomic mass is 32.3. The van der Waals surface area contributed by atoms with Gasteiger partial charge in [0, 0.05) is 0 Å². The molecule has 1 aromatic heterocycles. The Hall–Kier alpha value is -0.970. The Labute approximate surface area is 65.6 Å². The summed E-state index contributed by atoms with van der Waals surface area (Å²) in [5.74, 6) is -0.512. The van der Waals surface area contributed by atoms with Crippen molar-refractivity contribution in [2.75, 3.05) is 12.5 Å². The molecule has 0 aliphatic rings. The first-order chi connectivity index (χ1) is 5.06. The number of nitrogens with one attached hydrogen (secondary N) is 1. The van der Waals surface area contributed by atoms with Crippen LogP contribution >= 0.6 is 10.0 Å². The van der Waals surface area contributed by atoms with Crippen LogP contribution in [0.25, 0.3) is 0 Å². The molecule has 0 bridgehead atoms. The molecule has 0 amide bonds. The number of aromatic nitrogens is 2. The van der Waals surface area contributed by atoms with Crippen LogP contribution in [0.5, 0.6) is 0 Å². The summed E-state index contributed by atoms with van der Waals surface area (Å²) in [7, 11) is -1.17. The highest BCUT2D eigenvalue weighted by Crippen LogP contribution is 2.46. The average Bonchev–Trinajstić information content (AvgIpc) is 2.36. The fraction of sp³-hybridized carbons (Fsp3) is 0.333. The van der Waals surface area contributed by atoms with Crippen LogP contribution in [0.2, 0.25) is 0 Å². The third kappa shape index (κ3) is 1.54. The van der Waals surface area contributed by atoms with Crippen LogP contribution in [-0.4, -0.2) is 22.7 Å². The Kier molecular flexibility index (Phi) is 1.90. The molecule has 0 fully saturated rings. The molecule has 0 unspecified atom stereocenters. The summed E-state index contributed by atoms with van der Waals surface area (Å²) in [5.41, 5.74) is 0. The average molecular weight is 174 g/mol. The first-order valence-corrected chi connectivity index (χ1v) is 5.49. The topological polar surface area (TPSA) is 58.9 Å². The normalized spacial score (nSPS) is 12.9. The Morgan fingerprint density at radius 2 is 2.36 bits per heavy atom. The minimum absolute atomic E-state index is 0.512. The van der Waals surface area contributed by atoms with E-state index in [1.165, 1.54) is 0 Å². The van der Waals surface area contributed by atoms with Crippen molar-refractivity contribution in [1.29, 1.82) is 0 Å². The van der Waals surface area contributed by atoms with Crippen LogP contribution in [-0.2, 0) is 0 Å². The van der Waals surface area contributed by atoms with Crippen LogP contribution in [0.4, 0.5) is 0 Å². The van der Waals surface area contributed by atoms with E-state index in [-0.39, 0.29) is 0 Å². The van der Waals surface area contributed by atoms with E-state index in [0.29, 0.717) is 5.16 Å². The monoisotopic (exact) mass is 174 g/mol. The summed E-state index contributed by atoms with van der Waals surface area (Å²) in [6.45, 7) is 3.65. The van der Waals surface area contributed by atoms with Gasteiger partial charge >= 0.3 is 5.76 Å². The zero-order chi connectivity index (χ0) is 8.48. The molecular formula is C6H10N2O2S.